The second kappa shape index (κ2) is 4.78. The third-order valence-electron chi connectivity index (χ3n) is 3.11. The van der Waals surface area contributed by atoms with Gasteiger partial charge in [-0.3, -0.25) is 4.79 Å². The van der Waals surface area contributed by atoms with Gasteiger partial charge in [-0.25, -0.2) is 4.98 Å². The van der Waals surface area contributed by atoms with E-state index in [1.54, 1.807) is 6.20 Å². The molecule has 1 aliphatic heterocycles. The van der Waals surface area contributed by atoms with Gasteiger partial charge in [0.2, 0.25) is 0 Å². The summed E-state index contributed by atoms with van der Waals surface area (Å²) in [5.41, 5.74) is 1.22. The zero-order valence-electron chi connectivity index (χ0n) is 10.0. The summed E-state index contributed by atoms with van der Waals surface area (Å²) in [4.78, 5) is 16.2. The molecule has 1 saturated heterocycles. The molecule has 0 aliphatic carbocycles. The maximum atomic E-state index is 11.9. The summed E-state index contributed by atoms with van der Waals surface area (Å²) >= 11 is 0. The second-order valence-electron chi connectivity index (χ2n) is 4.44. The van der Waals surface area contributed by atoms with Crippen LogP contribution in [0.2, 0.25) is 0 Å². The number of aromatic nitrogens is 2. The topological polar surface area (TPSA) is 55.6 Å². The first-order valence-electron chi connectivity index (χ1n) is 6.16. The van der Waals surface area contributed by atoms with Crippen LogP contribution >= 0.6 is 0 Å². The quantitative estimate of drug-likeness (QED) is 0.885. The van der Waals surface area contributed by atoms with Crippen molar-refractivity contribution in [3.8, 4) is 0 Å². The van der Waals surface area contributed by atoms with E-state index in [2.05, 4.69) is 10.3 Å². The van der Waals surface area contributed by atoms with Crippen LogP contribution in [0.15, 0.2) is 30.6 Å². The standard InChI is InChI=1S/C13H15N3O2/c17-13(14-8-10-4-3-7-18-10)11-9-16-6-2-1-5-12(16)15-11/h1-2,5-6,9-10H,3-4,7-8H2,(H,14,17)/t10-/m0/s1. The number of pyridine rings is 1. The van der Waals surface area contributed by atoms with Crippen LogP contribution in [-0.2, 0) is 4.74 Å². The van der Waals surface area contributed by atoms with Gasteiger partial charge in [-0.05, 0) is 25.0 Å². The van der Waals surface area contributed by atoms with Gasteiger partial charge in [0.15, 0.2) is 0 Å². The molecule has 1 fully saturated rings. The van der Waals surface area contributed by atoms with E-state index in [0.29, 0.717) is 12.2 Å². The molecule has 5 heteroatoms. The van der Waals surface area contributed by atoms with Gasteiger partial charge in [-0.2, -0.15) is 0 Å². The van der Waals surface area contributed by atoms with Crippen LogP contribution in [0.4, 0.5) is 0 Å². The van der Waals surface area contributed by atoms with Crippen LogP contribution in [-0.4, -0.2) is 34.5 Å². The SMILES string of the molecule is O=C(NC[C@@H]1CCCO1)c1cn2ccccc2n1. The van der Waals surface area contributed by atoms with Crippen molar-refractivity contribution in [3.05, 3.63) is 36.3 Å². The van der Waals surface area contributed by atoms with Crippen LogP contribution in [0.25, 0.3) is 5.65 Å². The van der Waals surface area contributed by atoms with Gasteiger partial charge in [0.1, 0.15) is 11.3 Å². The molecule has 2 aromatic heterocycles. The van der Waals surface area contributed by atoms with E-state index < -0.39 is 0 Å². The maximum Gasteiger partial charge on any atom is 0.271 e. The lowest BCUT2D eigenvalue weighted by Crippen LogP contribution is -2.31. The van der Waals surface area contributed by atoms with Crippen molar-refractivity contribution in [2.75, 3.05) is 13.2 Å². The normalized spacial score (nSPS) is 19.2. The Labute approximate surface area is 105 Å². The van der Waals surface area contributed by atoms with Gasteiger partial charge in [0, 0.05) is 25.5 Å². The Morgan fingerprint density at radius 1 is 1.56 bits per heavy atom. The smallest absolute Gasteiger partial charge is 0.271 e. The van der Waals surface area contributed by atoms with Gasteiger partial charge in [0.25, 0.3) is 5.91 Å². The third-order valence-corrected chi connectivity index (χ3v) is 3.11. The molecular formula is C13H15N3O2. The van der Waals surface area contributed by atoms with Crippen molar-refractivity contribution in [2.24, 2.45) is 0 Å². The summed E-state index contributed by atoms with van der Waals surface area (Å²) in [6.07, 6.45) is 5.87. The van der Waals surface area contributed by atoms with Crippen molar-refractivity contribution in [1.29, 1.82) is 0 Å². The molecular weight excluding hydrogens is 230 g/mol. The number of nitrogens with one attached hydrogen (secondary N) is 1. The average molecular weight is 245 g/mol. The molecule has 0 unspecified atom stereocenters. The van der Waals surface area contributed by atoms with Crippen molar-refractivity contribution in [2.45, 2.75) is 18.9 Å². The highest BCUT2D eigenvalue weighted by Crippen LogP contribution is 2.11. The Hall–Kier alpha value is -1.88. The molecule has 3 rings (SSSR count). The fourth-order valence-electron chi connectivity index (χ4n) is 2.15. The van der Waals surface area contributed by atoms with Crippen molar-refractivity contribution >= 4 is 11.6 Å². The van der Waals surface area contributed by atoms with E-state index in [9.17, 15) is 4.79 Å². The van der Waals surface area contributed by atoms with Crippen molar-refractivity contribution in [3.63, 3.8) is 0 Å². The molecule has 0 spiro atoms. The lowest BCUT2D eigenvalue weighted by atomic mass is 10.2. The number of fused-ring (bicyclic) bond motifs is 1. The van der Waals surface area contributed by atoms with E-state index in [1.807, 2.05) is 28.8 Å². The maximum absolute atomic E-state index is 11.9. The van der Waals surface area contributed by atoms with Crippen LogP contribution in [0.1, 0.15) is 23.3 Å². The van der Waals surface area contributed by atoms with E-state index in [4.69, 9.17) is 4.74 Å². The highest BCUT2D eigenvalue weighted by atomic mass is 16.5. The summed E-state index contributed by atoms with van der Waals surface area (Å²) in [6, 6.07) is 5.68. The minimum atomic E-state index is -0.144. The number of hydrogen-bond donors (Lipinski definition) is 1. The summed E-state index contributed by atoms with van der Waals surface area (Å²) in [5, 5.41) is 2.86. The number of nitrogens with zero attached hydrogens (tertiary/aromatic N) is 2. The molecule has 2 aromatic rings. The fourth-order valence-corrected chi connectivity index (χ4v) is 2.15. The lowest BCUT2D eigenvalue weighted by Gasteiger charge is -2.09. The van der Waals surface area contributed by atoms with Crippen LogP contribution < -0.4 is 5.32 Å². The number of imidazole rings is 1. The van der Waals surface area contributed by atoms with Gasteiger partial charge >= 0.3 is 0 Å². The summed E-state index contributed by atoms with van der Waals surface area (Å²) in [5.74, 6) is -0.144. The molecule has 0 aromatic carbocycles. The Morgan fingerprint density at radius 2 is 2.50 bits per heavy atom. The van der Waals surface area contributed by atoms with Gasteiger partial charge in [0.05, 0.1) is 6.10 Å². The van der Waals surface area contributed by atoms with Crippen LogP contribution in [0.3, 0.4) is 0 Å². The molecule has 1 atom stereocenters. The highest BCUT2D eigenvalue weighted by molar-refractivity contribution is 5.92. The summed E-state index contributed by atoms with van der Waals surface area (Å²) in [6.45, 7) is 1.36. The number of amides is 1. The molecule has 0 radical (unpaired) electrons. The molecule has 5 nitrogen and oxygen atoms in total. The molecule has 18 heavy (non-hydrogen) atoms. The Bertz CT molecular complexity index is 525. The summed E-state index contributed by atoms with van der Waals surface area (Å²) in [7, 11) is 0. The van der Waals surface area contributed by atoms with E-state index in [1.165, 1.54) is 0 Å². The second-order valence-corrected chi connectivity index (χ2v) is 4.44. The molecule has 1 N–H and O–H groups in total. The van der Waals surface area contributed by atoms with E-state index >= 15 is 0 Å². The van der Waals surface area contributed by atoms with E-state index in [-0.39, 0.29) is 12.0 Å². The minimum Gasteiger partial charge on any atom is -0.376 e. The zero-order chi connectivity index (χ0) is 12.4. The van der Waals surface area contributed by atoms with Gasteiger partial charge < -0.3 is 14.5 Å². The zero-order valence-corrected chi connectivity index (χ0v) is 10.0. The predicted molar refractivity (Wildman–Crippen MR) is 66.5 cm³/mol. The first-order chi connectivity index (χ1) is 8.83. The largest absolute Gasteiger partial charge is 0.376 e. The molecule has 3 heterocycles. The van der Waals surface area contributed by atoms with Gasteiger partial charge in [-0.1, -0.05) is 6.07 Å². The predicted octanol–water partition coefficient (Wildman–Crippen LogP) is 1.24. The summed E-state index contributed by atoms with van der Waals surface area (Å²) < 4.78 is 7.29. The van der Waals surface area contributed by atoms with Crippen molar-refractivity contribution < 1.29 is 9.53 Å². The number of carbonyl (C=O) groups excluding carboxylic acids is 1. The number of ether oxygens (including phenoxy) is 1. The molecule has 94 valence electrons. The molecule has 1 aliphatic rings. The Balaban J connectivity index is 1.67. The molecule has 0 bridgehead atoms. The highest BCUT2D eigenvalue weighted by Gasteiger charge is 2.17. The van der Waals surface area contributed by atoms with Crippen LogP contribution in [0, 0.1) is 0 Å². The van der Waals surface area contributed by atoms with Crippen molar-refractivity contribution in [1.82, 2.24) is 14.7 Å². The fraction of sp³-hybridized carbons (Fsp3) is 0.385. The average Bonchev–Trinajstić information content (AvgIpc) is 3.04. The van der Waals surface area contributed by atoms with Gasteiger partial charge in [-0.15, -0.1) is 0 Å². The number of rotatable bonds is 3. The minimum absolute atomic E-state index is 0.144. The monoisotopic (exact) mass is 245 g/mol. The Morgan fingerprint density at radius 3 is 3.28 bits per heavy atom. The number of carbonyl (C=O) groups is 1. The van der Waals surface area contributed by atoms with Crippen LogP contribution in [0.5, 0.6) is 0 Å². The van der Waals surface area contributed by atoms with E-state index in [0.717, 1.165) is 25.1 Å². The number of hydrogen-bond acceptors (Lipinski definition) is 3. The first kappa shape index (κ1) is 11.2. The Kier molecular flexibility index (Phi) is 2.98. The molecule has 0 saturated carbocycles. The lowest BCUT2D eigenvalue weighted by molar-refractivity contribution is 0.0854. The first-order valence-corrected chi connectivity index (χ1v) is 6.16. The molecule has 1 amide bonds. The third kappa shape index (κ3) is 2.22.